The van der Waals surface area contributed by atoms with Gasteiger partial charge in [0, 0.05) is 0 Å². The quantitative estimate of drug-likeness (QED) is 0.433. The zero-order chi connectivity index (χ0) is 12.5. The van der Waals surface area contributed by atoms with Crippen LogP contribution in [0.4, 0.5) is 0 Å². The van der Waals surface area contributed by atoms with Crippen molar-refractivity contribution in [3.8, 4) is 11.5 Å². The molecule has 0 spiro atoms. The van der Waals surface area contributed by atoms with Crippen molar-refractivity contribution in [3.63, 3.8) is 0 Å². The second kappa shape index (κ2) is 5.51. The van der Waals surface area contributed by atoms with Crippen molar-refractivity contribution in [1.82, 2.24) is 0 Å². The van der Waals surface area contributed by atoms with E-state index in [1.165, 1.54) is 7.22 Å². The first kappa shape index (κ1) is 13.7. The predicted octanol–water partition coefficient (Wildman–Crippen LogP) is 2.52. The van der Waals surface area contributed by atoms with E-state index < -0.39 is 10.3 Å². The van der Waals surface area contributed by atoms with Gasteiger partial charge in [0.25, 0.3) is 0 Å². The van der Waals surface area contributed by atoms with E-state index in [1.54, 1.807) is 24.3 Å². The molecule has 0 amide bonds. The van der Waals surface area contributed by atoms with Crippen LogP contribution in [0.1, 0.15) is 0 Å². The fourth-order valence-electron chi connectivity index (χ4n) is 1.37. The molecule has 0 radical (unpaired) electrons. The van der Waals surface area contributed by atoms with Gasteiger partial charge in [0.2, 0.25) is 0 Å². The van der Waals surface area contributed by atoms with Gasteiger partial charge in [-0.2, -0.15) is 0 Å². The SMILES string of the molecule is Oc1ccc([Te](I)(I)c2ccc(O)cc2)cc1. The fourth-order valence-corrected chi connectivity index (χ4v) is 12.8. The summed E-state index contributed by atoms with van der Waals surface area (Å²) in [6.45, 7) is 0. The first-order chi connectivity index (χ1) is 8.00. The third-order valence-corrected chi connectivity index (χ3v) is 20.8. The summed E-state index contributed by atoms with van der Waals surface area (Å²) in [6.07, 6.45) is 0. The van der Waals surface area contributed by atoms with Gasteiger partial charge in [0.15, 0.2) is 0 Å². The molecule has 0 saturated carbocycles. The van der Waals surface area contributed by atoms with Crippen molar-refractivity contribution in [2.75, 3.05) is 0 Å². The van der Waals surface area contributed by atoms with Crippen molar-refractivity contribution in [2.45, 2.75) is 0 Å². The van der Waals surface area contributed by atoms with Crippen LogP contribution in [0.2, 0.25) is 0 Å². The number of benzene rings is 2. The normalized spacial score (nSPS) is 12.4. The zero-order valence-electron chi connectivity index (χ0n) is 8.68. The molecule has 2 aromatic rings. The first-order valence-corrected chi connectivity index (χ1v) is 20.7. The Hall–Kier alpha value is 0.290. The van der Waals surface area contributed by atoms with Gasteiger partial charge in [-0.3, -0.25) is 0 Å². The number of hydrogen-bond acceptors (Lipinski definition) is 2. The molecular formula is C12H10I2O2Te. The van der Waals surface area contributed by atoms with Crippen LogP contribution < -0.4 is 7.22 Å². The molecule has 0 aromatic heterocycles. The van der Waals surface area contributed by atoms with E-state index in [9.17, 15) is 10.2 Å². The number of hydrogen-bond donors (Lipinski definition) is 2. The number of phenols is 2. The molecule has 0 aliphatic heterocycles. The van der Waals surface area contributed by atoms with E-state index in [-0.39, 0.29) is 0 Å². The minimum absolute atomic E-state index is 0.297. The summed E-state index contributed by atoms with van der Waals surface area (Å²) in [5, 5.41) is 18.6. The van der Waals surface area contributed by atoms with Gasteiger partial charge in [0.1, 0.15) is 0 Å². The van der Waals surface area contributed by atoms with Crippen LogP contribution in [0.15, 0.2) is 48.5 Å². The summed E-state index contributed by atoms with van der Waals surface area (Å²) in [5.74, 6) is 0.594. The van der Waals surface area contributed by atoms with Crippen molar-refractivity contribution in [3.05, 3.63) is 48.5 Å². The molecule has 2 rings (SSSR count). The van der Waals surface area contributed by atoms with E-state index in [4.69, 9.17) is 0 Å². The molecule has 0 bridgehead atoms. The zero-order valence-corrected chi connectivity index (χ0v) is 15.3. The Bertz CT molecular complexity index is 462. The van der Waals surface area contributed by atoms with Gasteiger partial charge in [-0.05, 0) is 0 Å². The van der Waals surface area contributed by atoms with Crippen molar-refractivity contribution in [1.29, 1.82) is 0 Å². The van der Waals surface area contributed by atoms with Gasteiger partial charge in [-0.25, -0.2) is 0 Å². The monoisotopic (exact) mass is 570 g/mol. The second-order valence-corrected chi connectivity index (χ2v) is 37.9. The molecule has 0 atom stereocenters. The molecule has 0 aliphatic rings. The molecule has 0 heterocycles. The standard InChI is InChI=1S/C12H10I2O2Te/c13-17(14,11-5-1-9(15)2-6-11)12-7-3-10(16)4-8-12/h1-8,15-16H. The summed E-state index contributed by atoms with van der Waals surface area (Å²) in [6, 6.07) is 14.9. The first-order valence-electron chi connectivity index (χ1n) is 4.81. The van der Waals surface area contributed by atoms with Gasteiger partial charge >= 0.3 is 125 Å². The van der Waals surface area contributed by atoms with Crippen LogP contribution in [0, 0.1) is 0 Å². The Morgan fingerprint density at radius 3 is 1.24 bits per heavy atom. The number of phenolic OH excluding ortho intramolecular Hbond substituents is 2. The Morgan fingerprint density at radius 1 is 0.647 bits per heavy atom. The summed E-state index contributed by atoms with van der Waals surface area (Å²) in [4.78, 5) is 0. The van der Waals surface area contributed by atoms with Crippen LogP contribution in [0.3, 0.4) is 0 Å². The van der Waals surface area contributed by atoms with Crippen LogP contribution >= 0.6 is 37.4 Å². The van der Waals surface area contributed by atoms with Gasteiger partial charge in [-0.1, -0.05) is 0 Å². The van der Waals surface area contributed by atoms with Crippen LogP contribution in [-0.4, -0.2) is 20.5 Å². The average Bonchev–Trinajstić information content (AvgIpc) is 2.30. The molecule has 0 fully saturated rings. The number of rotatable bonds is 2. The molecule has 90 valence electrons. The van der Waals surface area contributed by atoms with E-state index in [2.05, 4.69) is 37.4 Å². The number of halogens is 2. The topological polar surface area (TPSA) is 40.5 Å². The Labute approximate surface area is 123 Å². The molecule has 17 heavy (non-hydrogen) atoms. The molecule has 0 aliphatic carbocycles. The summed E-state index contributed by atoms with van der Waals surface area (Å²) < 4.78 is 2.58. The molecule has 2 nitrogen and oxygen atoms in total. The van der Waals surface area contributed by atoms with E-state index in [0.717, 1.165) is 0 Å². The van der Waals surface area contributed by atoms with Gasteiger partial charge in [-0.15, -0.1) is 0 Å². The second-order valence-electron chi connectivity index (χ2n) is 3.46. The van der Waals surface area contributed by atoms with Crippen LogP contribution in [-0.2, 0) is 0 Å². The Kier molecular flexibility index (Phi) is 4.45. The number of aromatic hydroxyl groups is 2. The van der Waals surface area contributed by atoms with Crippen molar-refractivity contribution >= 4 is 54.9 Å². The molecule has 0 saturated heterocycles. The molecule has 5 heteroatoms. The van der Waals surface area contributed by atoms with E-state index in [0.29, 0.717) is 11.5 Å². The van der Waals surface area contributed by atoms with Crippen molar-refractivity contribution < 1.29 is 10.2 Å². The summed E-state index contributed by atoms with van der Waals surface area (Å²) >= 11 is 5.09. The molecular weight excluding hydrogens is 558 g/mol. The summed E-state index contributed by atoms with van der Waals surface area (Å²) in [7, 11) is -2.36. The Balaban J connectivity index is 2.41. The van der Waals surface area contributed by atoms with E-state index >= 15 is 0 Å². The summed E-state index contributed by atoms with van der Waals surface area (Å²) in [5.41, 5.74) is 0. The molecule has 2 aromatic carbocycles. The van der Waals surface area contributed by atoms with E-state index in [1.807, 2.05) is 24.3 Å². The van der Waals surface area contributed by atoms with Crippen LogP contribution in [0.25, 0.3) is 0 Å². The third-order valence-electron chi connectivity index (χ3n) is 2.27. The minimum atomic E-state index is -2.36. The Morgan fingerprint density at radius 2 is 0.941 bits per heavy atom. The third kappa shape index (κ3) is 3.19. The molecule has 0 unspecified atom stereocenters. The fraction of sp³-hybridized carbons (Fsp3) is 0. The average molecular weight is 568 g/mol. The maximum atomic E-state index is 9.31. The van der Waals surface area contributed by atoms with Crippen molar-refractivity contribution in [2.24, 2.45) is 0 Å². The van der Waals surface area contributed by atoms with Gasteiger partial charge in [0.05, 0.1) is 0 Å². The molecule has 2 N–H and O–H groups in total. The van der Waals surface area contributed by atoms with Gasteiger partial charge < -0.3 is 0 Å². The maximum absolute atomic E-state index is 9.31. The van der Waals surface area contributed by atoms with Crippen LogP contribution in [0.5, 0.6) is 11.5 Å². The predicted molar refractivity (Wildman–Crippen MR) is 89.3 cm³/mol.